The fraction of sp³-hybridized carbons (Fsp3) is 0.154. The average Bonchev–Trinajstić information content (AvgIpc) is 2.44. The lowest BCUT2D eigenvalue weighted by molar-refractivity contribution is -0.146. The molecule has 0 aliphatic carbocycles. The third-order valence-corrected chi connectivity index (χ3v) is 4.27. The van der Waals surface area contributed by atoms with Crippen molar-refractivity contribution in [2.75, 3.05) is 6.54 Å². The third-order valence-electron chi connectivity index (χ3n) is 2.79. The van der Waals surface area contributed by atoms with Crippen LogP contribution in [0.25, 0.3) is 10.8 Å². The summed E-state index contributed by atoms with van der Waals surface area (Å²) in [6, 6.07) is 11.8. The minimum absolute atomic E-state index is 0.0492. The van der Waals surface area contributed by atoms with Crippen LogP contribution in [0.4, 0.5) is 0 Å². The van der Waals surface area contributed by atoms with Crippen molar-refractivity contribution in [3.63, 3.8) is 0 Å². The maximum atomic E-state index is 12.2. The van der Waals surface area contributed by atoms with Gasteiger partial charge in [-0.2, -0.15) is 0 Å². The smallest absolute Gasteiger partial charge is 0.333 e. The standard InChI is InChI=1S/C13H13NO5S/c15-11(13(16)17)8-14-20(18,19)12-7-3-5-9-4-1-2-6-10(9)12/h1-7,11,14-15H,8H2,(H,16,17). The lowest BCUT2D eigenvalue weighted by Crippen LogP contribution is -2.36. The van der Waals surface area contributed by atoms with Crippen molar-refractivity contribution in [2.45, 2.75) is 11.0 Å². The highest BCUT2D eigenvalue weighted by atomic mass is 32.2. The molecule has 0 bridgehead atoms. The highest BCUT2D eigenvalue weighted by Gasteiger charge is 2.20. The molecule has 7 heteroatoms. The van der Waals surface area contributed by atoms with Gasteiger partial charge < -0.3 is 10.2 Å². The average molecular weight is 295 g/mol. The summed E-state index contributed by atoms with van der Waals surface area (Å²) in [5.74, 6) is -1.48. The van der Waals surface area contributed by atoms with Crippen molar-refractivity contribution < 1.29 is 23.4 Å². The normalized spacial score (nSPS) is 13.2. The van der Waals surface area contributed by atoms with Crippen LogP contribution in [0.2, 0.25) is 0 Å². The minimum Gasteiger partial charge on any atom is -0.479 e. The van der Waals surface area contributed by atoms with Crippen LogP contribution in [0.15, 0.2) is 47.4 Å². The number of sulfonamides is 1. The first-order valence-corrected chi connectivity index (χ1v) is 7.28. The molecule has 2 aromatic rings. The number of aliphatic carboxylic acids is 1. The summed E-state index contributed by atoms with van der Waals surface area (Å²) in [4.78, 5) is 10.5. The zero-order chi connectivity index (χ0) is 14.8. The van der Waals surface area contributed by atoms with Gasteiger partial charge in [-0.15, -0.1) is 0 Å². The van der Waals surface area contributed by atoms with Crippen molar-refractivity contribution >= 4 is 26.8 Å². The van der Waals surface area contributed by atoms with Gasteiger partial charge in [0.05, 0.1) is 4.90 Å². The molecule has 0 heterocycles. The van der Waals surface area contributed by atoms with E-state index < -0.39 is 28.6 Å². The van der Waals surface area contributed by atoms with Gasteiger partial charge in [0.2, 0.25) is 10.0 Å². The first-order chi connectivity index (χ1) is 9.42. The molecule has 1 atom stereocenters. The van der Waals surface area contributed by atoms with E-state index in [1.165, 1.54) is 6.07 Å². The van der Waals surface area contributed by atoms with E-state index >= 15 is 0 Å². The predicted octanol–water partition coefficient (Wildman–Crippen LogP) is 0.564. The zero-order valence-corrected chi connectivity index (χ0v) is 11.2. The molecule has 0 fully saturated rings. The summed E-state index contributed by atoms with van der Waals surface area (Å²) in [7, 11) is -3.89. The molecular formula is C13H13NO5S. The van der Waals surface area contributed by atoms with E-state index in [-0.39, 0.29) is 4.90 Å². The molecule has 1 unspecified atom stereocenters. The molecular weight excluding hydrogens is 282 g/mol. The Labute approximate surface area is 115 Å². The molecule has 0 aliphatic rings. The van der Waals surface area contributed by atoms with Crippen LogP contribution >= 0.6 is 0 Å². The number of hydrogen-bond donors (Lipinski definition) is 3. The summed E-state index contributed by atoms with van der Waals surface area (Å²) in [5, 5.41) is 19.0. The van der Waals surface area contributed by atoms with E-state index in [0.717, 1.165) is 5.39 Å². The Balaban J connectivity index is 2.35. The number of carbonyl (C=O) groups is 1. The Hall–Kier alpha value is -1.96. The number of hydrogen-bond acceptors (Lipinski definition) is 4. The number of rotatable bonds is 5. The second-order valence-electron chi connectivity index (χ2n) is 4.18. The molecule has 0 saturated heterocycles. The van der Waals surface area contributed by atoms with Gasteiger partial charge in [-0.3, -0.25) is 0 Å². The molecule has 0 aliphatic heterocycles. The fourth-order valence-corrected chi connectivity index (χ4v) is 3.05. The monoisotopic (exact) mass is 295 g/mol. The van der Waals surface area contributed by atoms with E-state index in [2.05, 4.69) is 4.72 Å². The van der Waals surface area contributed by atoms with Crippen LogP contribution in [0.1, 0.15) is 0 Å². The van der Waals surface area contributed by atoms with Crippen molar-refractivity contribution in [3.05, 3.63) is 42.5 Å². The molecule has 2 rings (SSSR count). The van der Waals surface area contributed by atoms with Gasteiger partial charge in [-0.1, -0.05) is 36.4 Å². The first-order valence-electron chi connectivity index (χ1n) is 5.80. The van der Waals surface area contributed by atoms with Crippen molar-refractivity contribution in [1.29, 1.82) is 0 Å². The number of carboxylic acids is 1. The van der Waals surface area contributed by atoms with Crippen LogP contribution in [0, 0.1) is 0 Å². The second-order valence-corrected chi connectivity index (χ2v) is 5.92. The van der Waals surface area contributed by atoms with Gasteiger partial charge in [0.25, 0.3) is 0 Å². The second kappa shape index (κ2) is 5.58. The molecule has 0 amide bonds. The largest absolute Gasteiger partial charge is 0.479 e. The fourth-order valence-electron chi connectivity index (χ4n) is 1.78. The lowest BCUT2D eigenvalue weighted by atomic mass is 10.1. The molecule has 6 nitrogen and oxygen atoms in total. The minimum atomic E-state index is -3.89. The Morgan fingerprint density at radius 2 is 1.80 bits per heavy atom. The van der Waals surface area contributed by atoms with Crippen molar-refractivity contribution in [3.8, 4) is 0 Å². The zero-order valence-electron chi connectivity index (χ0n) is 10.4. The van der Waals surface area contributed by atoms with Gasteiger partial charge >= 0.3 is 5.97 Å². The molecule has 0 radical (unpaired) electrons. The predicted molar refractivity (Wildman–Crippen MR) is 72.8 cm³/mol. The van der Waals surface area contributed by atoms with Crippen LogP contribution in [-0.4, -0.2) is 37.2 Å². The Morgan fingerprint density at radius 3 is 2.50 bits per heavy atom. The van der Waals surface area contributed by atoms with Gasteiger partial charge in [0.1, 0.15) is 0 Å². The number of aliphatic hydroxyl groups excluding tert-OH is 1. The Kier molecular flexibility index (Phi) is 4.03. The summed E-state index contributed by atoms with van der Waals surface area (Å²) < 4.78 is 26.4. The number of nitrogens with one attached hydrogen (secondary N) is 1. The molecule has 0 spiro atoms. The van der Waals surface area contributed by atoms with E-state index in [1.807, 2.05) is 0 Å². The third kappa shape index (κ3) is 2.96. The number of carboxylic acid groups (broad SMARTS) is 1. The quantitative estimate of drug-likeness (QED) is 0.748. The van der Waals surface area contributed by atoms with Gasteiger partial charge in [0.15, 0.2) is 6.10 Å². The van der Waals surface area contributed by atoms with Crippen molar-refractivity contribution in [2.24, 2.45) is 0 Å². The summed E-state index contributed by atoms with van der Waals surface area (Å²) in [5.41, 5.74) is 0. The highest BCUT2D eigenvalue weighted by molar-refractivity contribution is 7.89. The molecule has 3 N–H and O–H groups in total. The molecule has 0 aromatic heterocycles. The summed E-state index contributed by atoms with van der Waals surface area (Å²) in [6.45, 7) is -0.582. The van der Waals surface area contributed by atoms with Gasteiger partial charge in [0, 0.05) is 11.9 Å². The Bertz CT molecular complexity index is 736. The van der Waals surface area contributed by atoms with Crippen LogP contribution in [-0.2, 0) is 14.8 Å². The summed E-state index contributed by atoms with van der Waals surface area (Å²) >= 11 is 0. The first kappa shape index (κ1) is 14.4. The molecule has 2 aromatic carbocycles. The maximum absolute atomic E-state index is 12.2. The lowest BCUT2D eigenvalue weighted by Gasteiger charge is -2.10. The highest BCUT2D eigenvalue weighted by Crippen LogP contribution is 2.22. The number of benzene rings is 2. The van der Waals surface area contributed by atoms with Crippen LogP contribution in [0.3, 0.4) is 0 Å². The summed E-state index contributed by atoms with van der Waals surface area (Å²) in [6.07, 6.45) is -1.78. The Morgan fingerprint density at radius 1 is 1.15 bits per heavy atom. The van der Waals surface area contributed by atoms with E-state index in [1.54, 1.807) is 36.4 Å². The SMILES string of the molecule is O=C(O)C(O)CNS(=O)(=O)c1cccc2ccccc12. The van der Waals surface area contributed by atoms with Gasteiger partial charge in [-0.25, -0.2) is 17.9 Å². The molecule has 106 valence electrons. The number of fused-ring (bicyclic) bond motifs is 1. The van der Waals surface area contributed by atoms with E-state index in [9.17, 15) is 13.2 Å². The van der Waals surface area contributed by atoms with Crippen LogP contribution < -0.4 is 4.72 Å². The molecule has 20 heavy (non-hydrogen) atoms. The topological polar surface area (TPSA) is 104 Å². The van der Waals surface area contributed by atoms with Crippen LogP contribution in [0.5, 0.6) is 0 Å². The van der Waals surface area contributed by atoms with Crippen molar-refractivity contribution in [1.82, 2.24) is 4.72 Å². The van der Waals surface area contributed by atoms with E-state index in [0.29, 0.717) is 5.39 Å². The number of aliphatic hydroxyl groups is 1. The van der Waals surface area contributed by atoms with Gasteiger partial charge in [-0.05, 0) is 11.5 Å². The van der Waals surface area contributed by atoms with E-state index in [4.69, 9.17) is 10.2 Å². The molecule has 0 saturated carbocycles. The maximum Gasteiger partial charge on any atom is 0.333 e.